The Morgan fingerprint density at radius 1 is 1.43 bits per heavy atom. The Bertz CT molecular complexity index is 193. The van der Waals surface area contributed by atoms with Crippen molar-refractivity contribution in [2.45, 2.75) is 53.1 Å². The summed E-state index contributed by atoms with van der Waals surface area (Å²) in [4.78, 5) is 2.31. The molecular formula is C11H23N3. The maximum atomic E-state index is 4.13. The van der Waals surface area contributed by atoms with E-state index in [-0.39, 0.29) is 0 Å². The molecule has 3 heteroatoms. The first-order chi connectivity index (χ1) is 6.53. The third kappa shape index (κ3) is 3.56. The third-order valence-corrected chi connectivity index (χ3v) is 2.41. The Hall–Kier alpha value is -0.730. The molecule has 0 spiro atoms. The molecule has 1 unspecified atom stereocenters. The normalized spacial score (nSPS) is 21.4. The van der Waals surface area contributed by atoms with Gasteiger partial charge in [0, 0.05) is 6.54 Å². The van der Waals surface area contributed by atoms with E-state index in [1.54, 1.807) is 0 Å². The fraction of sp³-hybridized carbons (Fsp3) is 0.909. The number of rotatable bonds is 4. The second-order valence-corrected chi connectivity index (χ2v) is 5.25. The topological polar surface area (TPSA) is 27.6 Å². The van der Waals surface area contributed by atoms with Crippen molar-refractivity contribution in [2.24, 2.45) is 10.5 Å². The fourth-order valence-electron chi connectivity index (χ4n) is 1.65. The second kappa shape index (κ2) is 4.67. The Balaban J connectivity index is 2.38. The summed E-state index contributed by atoms with van der Waals surface area (Å²) in [6.07, 6.45) is 5.96. The van der Waals surface area contributed by atoms with Crippen LogP contribution in [0.3, 0.4) is 0 Å². The summed E-state index contributed by atoms with van der Waals surface area (Å²) < 4.78 is 0. The predicted molar refractivity (Wildman–Crippen MR) is 61.1 cm³/mol. The van der Waals surface area contributed by atoms with Gasteiger partial charge in [-0.1, -0.05) is 34.1 Å². The zero-order valence-corrected chi connectivity index (χ0v) is 9.88. The first-order valence-corrected chi connectivity index (χ1v) is 5.57. The molecule has 0 radical (unpaired) electrons. The molecule has 0 saturated carbocycles. The van der Waals surface area contributed by atoms with Crippen molar-refractivity contribution >= 4 is 6.34 Å². The van der Waals surface area contributed by atoms with Crippen molar-refractivity contribution in [3.8, 4) is 0 Å². The van der Waals surface area contributed by atoms with Gasteiger partial charge in [0.2, 0.25) is 0 Å². The van der Waals surface area contributed by atoms with Gasteiger partial charge < -0.3 is 4.90 Å². The van der Waals surface area contributed by atoms with E-state index in [0.717, 1.165) is 13.0 Å². The first-order valence-electron chi connectivity index (χ1n) is 5.57. The van der Waals surface area contributed by atoms with Crippen molar-refractivity contribution in [1.82, 2.24) is 10.3 Å². The highest BCUT2D eigenvalue weighted by atomic mass is 15.5. The van der Waals surface area contributed by atoms with Gasteiger partial charge in [-0.3, -0.25) is 5.43 Å². The van der Waals surface area contributed by atoms with Crippen LogP contribution in [0, 0.1) is 5.41 Å². The van der Waals surface area contributed by atoms with Crippen LogP contribution in [0.1, 0.15) is 47.0 Å². The van der Waals surface area contributed by atoms with Gasteiger partial charge in [0.1, 0.15) is 12.5 Å². The van der Waals surface area contributed by atoms with Gasteiger partial charge in [-0.15, -0.1) is 0 Å². The average Bonchev–Trinajstić information content (AvgIpc) is 2.45. The van der Waals surface area contributed by atoms with Gasteiger partial charge in [0.15, 0.2) is 0 Å². The molecule has 0 aromatic rings. The summed E-state index contributed by atoms with van der Waals surface area (Å²) in [5.41, 5.74) is 3.52. The van der Waals surface area contributed by atoms with Gasteiger partial charge in [0.05, 0.1) is 0 Å². The van der Waals surface area contributed by atoms with Crippen LogP contribution in [-0.4, -0.2) is 23.9 Å². The highest BCUT2D eigenvalue weighted by Gasteiger charge is 2.24. The van der Waals surface area contributed by atoms with Crippen molar-refractivity contribution in [3.63, 3.8) is 0 Å². The van der Waals surface area contributed by atoms with Crippen molar-refractivity contribution in [2.75, 3.05) is 6.54 Å². The molecule has 0 aromatic heterocycles. The van der Waals surface area contributed by atoms with Crippen LogP contribution in [0.5, 0.6) is 0 Å². The Kier molecular flexibility index (Phi) is 3.78. The van der Waals surface area contributed by atoms with Crippen LogP contribution >= 0.6 is 0 Å². The molecule has 0 aromatic carbocycles. The number of hydrazone groups is 1. The number of unbranched alkanes of at least 4 members (excludes halogenated alkanes) is 1. The van der Waals surface area contributed by atoms with E-state index in [9.17, 15) is 0 Å². The maximum absolute atomic E-state index is 4.13. The SMILES string of the molecule is CCCCN1C=NNC1CC(C)(C)C. The summed E-state index contributed by atoms with van der Waals surface area (Å²) >= 11 is 0. The number of hydrogen-bond donors (Lipinski definition) is 1. The van der Waals surface area contributed by atoms with Crippen LogP contribution in [-0.2, 0) is 0 Å². The predicted octanol–water partition coefficient (Wildman–Crippen LogP) is 2.40. The summed E-state index contributed by atoms with van der Waals surface area (Å²) in [6, 6.07) is 0. The van der Waals surface area contributed by atoms with Gasteiger partial charge >= 0.3 is 0 Å². The lowest BCUT2D eigenvalue weighted by Gasteiger charge is -2.29. The highest BCUT2D eigenvalue weighted by Crippen LogP contribution is 2.23. The van der Waals surface area contributed by atoms with Crippen LogP contribution in [0.15, 0.2) is 5.10 Å². The molecule has 1 heterocycles. The third-order valence-electron chi connectivity index (χ3n) is 2.41. The smallest absolute Gasteiger partial charge is 0.116 e. The second-order valence-electron chi connectivity index (χ2n) is 5.25. The minimum atomic E-state index is 0.357. The summed E-state index contributed by atoms with van der Waals surface area (Å²) in [6.45, 7) is 10.1. The molecule has 0 amide bonds. The number of hydrogen-bond acceptors (Lipinski definition) is 3. The molecule has 1 aliphatic heterocycles. The average molecular weight is 197 g/mol. The molecule has 0 aliphatic carbocycles. The van der Waals surface area contributed by atoms with E-state index in [2.05, 4.69) is 43.1 Å². The van der Waals surface area contributed by atoms with E-state index in [4.69, 9.17) is 0 Å². The van der Waals surface area contributed by atoms with Gasteiger partial charge in [-0.25, -0.2) is 0 Å². The number of nitrogens with one attached hydrogen (secondary N) is 1. The van der Waals surface area contributed by atoms with E-state index >= 15 is 0 Å². The molecule has 14 heavy (non-hydrogen) atoms. The van der Waals surface area contributed by atoms with Crippen LogP contribution in [0.25, 0.3) is 0 Å². The highest BCUT2D eigenvalue weighted by molar-refractivity contribution is 5.56. The number of nitrogens with zero attached hydrogens (tertiary/aromatic N) is 2. The van der Waals surface area contributed by atoms with Gasteiger partial charge in [-0.2, -0.15) is 5.10 Å². The van der Waals surface area contributed by atoms with Crippen LogP contribution < -0.4 is 5.43 Å². The largest absolute Gasteiger partial charge is 0.340 e. The summed E-state index contributed by atoms with van der Waals surface area (Å²) in [5, 5.41) is 4.13. The molecule has 0 bridgehead atoms. The molecule has 3 nitrogen and oxygen atoms in total. The van der Waals surface area contributed by atoms with Crippen molar-refractivity contribution < 1.29 is 0 Å². The molecule has 1 rings (SSSR count). The van der Waals surface area contributed by atoms with E-state index in [1.165, 1.54) is 12.8 Å². The Labute approximate surface area is 87.6 Å². The van der Waals surface area contributed by atoms with E-state index in [0.29, 0.717) is 11.6 Å². The Morgan fingerprint density at radius 3 is 2.71 bits per heavy atom. The maximum Gasteiger partial charge on any atom is 0.116 e. The zero-order valence-electron chi connectivity index (χ0n) is 9.88. The minimum absolute atomic E-state index is 0.357. The molecule has 1 aliphatic rings. The van der Waals surface area contributed by atoms with Crippen molar-refractivity contribution in [3.05, 3.63) is 0 Å². The lowest BCUT2D eigenvalue weighted by Crippen LogP contribution is -2.40. The van der Waals surface area contributed by atoms with Crippen LogP contribution in [0.4, 0.5) is 0 Å². The first kappa shape index (κ1) is 11.3. The van der Waals surface area contributed by atoms with E-state index in [1.807, 2.05) is 6.34 Å². The molecule has 1 N–H and O–H groups in total. The molecule has 1 atom stereocenters. The van der Waals surface area contributed by atoms with Gasteiger partial charge in [0.25, 0.3) is 0 Å². The fourth-order valence-corrected chi connectivity index (χ4v) is 1.65. The van der Waals surface area contributed by atoms with Crippen molar-refractivity contribution in [1.29, 1.82) is 0 Å². The molecular weight excluding hydrogens is 174 g/mol. The standard InChI is InChI=1S/C11H23N3/c1-5-6-7-14-9-12-13-10(14)8-11(2,3)4/h9-10,13H,5-8H2,1-4H3. The molecule has 0 fully saturated rings. The zero-order chi connectivity index (χ0) is 10.6. The quantitative estimate of drug-likeness (QED) is 0.749. The summed E-state index contributed by atoms with van der Waals surface area (Å²) in [5.74, 6) is 0. The minimum Gasteiger partial charge on any atom is -0.340 e. The molecule has 82 valence electrons. The summed E-state index contributed by atoms with van der Waals surface area (Å²) in [7, 11) is 0. The monoisotopic (exact) mass is 197 g/mol. The lowest BCUT2D eigenvalue weighted by atomic mass is 9.90. The molecule has 0 saturated heterocycles. The van der Waals surface area contributed by atoms with Crippen LogP contribution in [0.2, 0.25) is 0 Å². The van der Waals surface area contributed by atoms with Gasteiger partial charge in [-0.05, 0) is 18.3 Å². The Morgan fingerprint density at radius 2 is 2.14 bits per heavy atom. The lowest BCUT2D eigenvalue weighted by molar-refractivity contribution is 0.213. The van der Waals surface area contributed by atoms with E-state index < -0.39 is 0 Å².